The van der Waals surface area contributed by atoms with Crippen LogP contribution >= 0.6 is 12.4 Å². The molecule has 0 saturated heterocycles. The number of aromatic amines is 1. The van der Waals surface area contributed by atoms with Gasteiger partial charge in [0.25, 0.3) is 0 Å². The molecule has 0 unspecified atom stereocenters. The number of methoxy groups -OCH3 is 1. The lowest BCUT2D eigenvalue weighted by atomic mass is 9.86. The summed E-state index contributed by atoms with van der Waals surface area (Å²) in [5, 5.41) is 13.2. The molecule has 1 aliphatic rings. The monoisotopic (exact) mass is 408 g/mol. The van der Waals surface area contributed by atoms with Crippen LogP contribution in [-0.2, 0) is 0 Å². The molecule has 0 amide bonds. The lowest BCUT2D eigenvalue weighted by Gasteiger charge is -2.22. The molecule has 1 aliphatic carbocycles. The number of hydrogen-bond acceptors (Lipinski definition) is 4. The van der Waals surface area contributed by atoms with Crippen LogP contribution in [0.5, 0.6) is 5.75 Å². The van der Waals surface area contributed by atoms with Crippen LogP contribution in [0.25, 0.3) is 21.8 Å². The Hall–Kier alpha value is -2.79. The van der Waals surface area contributed by atoms with E-state index in [0.29, 0.717) is 5.92 Å². The van der Waals surface area contributed by atoms with Crippen LogP contribution in [0.15, 0.2) is 48.7 Å². The molecule has 1 saturated carbocycles. The minimum Gasteiger partial charge on any atom is -0.497 e. The van der Waals surface area contributed by atoms with E-state index in [9.17, 15) is 0 Å². The van der Waals surface area contributed by atoms with Crippen LogP contribution in [0.4, 0.5) is 11.4 Å². The quantitative estimate of drug-likeness (QED) is 0.414. The van der Waals surface area contributed by atoms with E-state index in [2.05, 4.69) is 39.8 Å². The minimum atomic E-state index is 0. The number of H-pyrrole nitrogens is 1. The van der Waals surface area contributed by atoms with Crippen molar-refractivity contribution in [2.75, 3.05) is 12.4 Å². The van der Waals surface area contributed by atoms with Gasteiger partial charge in [0.1, 0.15) is 5.75 Å². The fraction of sp³-hybridized carbons (Fsp3) is 0.304. The number of ether oxygens (including phenoxy) is 1. The van der Waals surface area contributed by atoms with Crippen molar-refractivity contribution < 1.29 is 4.74 Å². The van der Waals surface area contributed by atoms with E-state index < -0.39 is 0 Å². The standard InChI is InChI=1S/C23H24N4O.ClH/c1-28-18-9-5-8-17(12-18)25-21-13-20(15-6-3-2-4-7-15)26-19-11-10-16-14-24-27-23(16)22(19)21;/h5,8-15H,2-4,6-7H2,1H3,(H,24,27)(H,25,26);1H. The van der Waals surface area contributed by atoms with Crippen LogP contribution in [0, 0.1) is 0 Å². The highest BCUT2D eigenvalue weighted by molar-refractivity contribution is 6.10. The molecule has 2 N–H and O–H groups in total. The Balaban J connectivity index is 0.00000205. The molecule has 0 aliphatic heterocycles. The lowest BCUT2D eigenvalue weighted by Crippen LogP contribution is -2.07. The average molecular weight is 409 g/mol. The Kier molecular flexibility index (Phi) is 5.58. The summed E-state index contributed by atoms with van der Waals surface area (Å²) in [6, 6.07) is 14.5. The topological polar surface area (TPSA) is 62.8 Å². The van der Waals surface area contributed by atoms with Crippen molar-refractivity contribution in [3.8, 4) is 5.75 Å². The molecule has 0 bridgehead atoms. The van der Waals surface area contributed by atoms with Crippen molar-refractivity contribution in [2.45, 2.75) is 38.0 Å². The number of aromatic nitrogens is 3. The molecule has 5 rings (SSSR count). The second-order valence-electron chi connectivity index (χ2n) is 7.58. The summed E-state index contributed by atoms with van der Waals surface area (Å²) in [5.41, 5.74) is 5.28. The van der Waals surface area contributed by atoms with Crippen molar-refractivity contribution in [3.05, 3.63) is 54.4 Å². The second-order valence-corrected chi connectivity index (χ2v) is 7.58. The van der Waals surface area contributed by atoms with Gasteiger partial charge in [0.2, 0.25) is 0 Å². The number of fused-ring (bicyclic) bond motifs is 3. The predicted octanol–water partition coefficient (Wildman–Crippen LogP) is 6.33. The van der Waals surface area contributed by atoms with Gasteiger partial charge in [-0.15, -0.1) is 12.4 Å². The Morgan fingerprint density at radius 2 is 1.93 bits per heavy atom. The highest BCUT2D eigenvalue weighted by Crippen LogP contribution is 2.37. The van der Waals surface area contributed by atoms with E-state index in [1.807, 2.05) is 24.4 Å². The fourth-order valence-electron chi connectivity index (χ4n) is 4.32. The lowest BCUT2D eigenvalue weighted by molar-refractivity contribution is 0.415. The summed E-state index contributed by atoms with van der Waals surface area (Å²) in [5.74, 6) is 1.38. The van der Waals surface area contributed by atoms with Crippen LogP contribution in [-0.4, -0.2) is 22.3 Å². The number of hydrogen-bond donors (Lipinski definition) is 2. The van der Waals surface area contributed by atoms with Crippen molar-refractivity contribution in [1.82, 2.24) is 15.2 Å². The van der Waals surface area contributed by atoms with Crippen LogP contribution in [0.3, 0.4) is 0 Å². The van der Waals surface area contributed by atoms with E-state index in [0.717, 1.165) is 38.9 Å². The van der Waals surface area contributed by atoms with Crippen molar-refractivity contribution in [3.63, 3.8) is 0 Å². The van der Waals surface area contributed by atoms with E-state index in [1.54, 1.807) is 7.11 Å². The molecule has 2 aromatic carbocycles. The van der Waals surface area contributed by atoms with Gasteiger partial charge < -0.3 is 10.1 Å². The molecular weight excluding hydrogens is 384 g/mol. The molecule has 2 aromatic heterocycles. The Labute approximate surface area is 176 Å². The SMILES string of the molecule is COc1cccc(Nc2cc(C3CCCCC3)nc3ccc4cn[nH]c4c23)c1.Cl. The Morgan fingerprint density at radius 1 is 1.07 bits per heavy atom. The van der Waals surface area contributed by atoms with Gasteiger partial charge in [-0.25, -0.2) is 0 Å². The first-order valence-corrected chi connectivity index (χ1v) is 9.99. The third kappa shape index (κ3) is 3.75. The molecule has 1 fully saturated rings. The summed E-state index contributed by atoms with van der Waals surface area (Å²) in [7, 11) is 1.69. The molecule has 150 valence electrons. The molecule has 6 heteroatoms. The molecule has 0 spiro atoms. The number of anilines is 2. The zero-order chi connectivity index (χ0) is 18.9. The van der Waals surface area contributed by atoms with E-state index in [-0.39, 0.29) is 12.4 Å². The van der Waals surface area contributed by atoms with Crippen LogP contribution in [0.2, 0.25) is 0 Å². The third-order valence-electron chi connectivity index (χ3n) is 5.78. The number of pyridine rings is 1. The van der Waals surface area contributed by atoms with Gasteiger partial charge in [0.05, 0.1) is 30.0 Å². The summed E-state index contributed by atoms with van der Waals surface area (Å²) in [4.78, 5) is 5.05. The van der Waals surface area contributed by atoms with Gasteiger partial charge in [-0.05, 0) is 43.2 Å². The molecule has 5 nitrogen and oxygen atoms in total. The van der Waals surface area contributed by atoms with Gasteiger partial charge in [-0.3, -0.25) is 10.1 Å². The van der Waals surface area contributed by atoms with Gasteiger partial charge in [-0.2, -0.15) is 5.10 Å². The van der Waals surface area contributed by atoms with Crippen molar-refractivity contribution in [1.29, 1.82) is 0 Å². The van der Waals surface area contributed by atoms with Crippen molar-refractivity contribution >= 4 is 45.6 Å². The van der Waals surface area contributed by atoms with E-state index in [1.165, 1.54) is 37.8 Å². The maximum atomic E-state index is 5.39. The summed E-state index contributed by atoms with van der Waals surface area (Å²) in [6.45, 7) is 0. The first kappa shape index (κ1) is 19.5. The van der Waals surface area contributed by atoms with Gasteiger partial charge in [-0.1, -0.05) is 25.3 Å². The first-order valence-electron chi connectivity index (χ1n) is 9.99. The molecular formula is C23H25ClN4O. The molecule has 2 heterocycles. The highest BCUT2D eigenvalue weighted by Gasteiger charge is 2.20. The number of nitrogens with zero attached hydrogens (tertiary/aromatic N) is 2. The second kappa shape index (κ2) is 8.29. The number of rotatable bonds is 4. The maximum Gasteiger partial charge on any atom is 0.120 e. The Bertz CT molecular complexity index is 1130. The first-order chi connectivity index (χ1) is 13.8. The van der Waals surface area contributed by atoms with Crippen molar-refractivity contribution in [2.24, 2.45) is 0 Å². The smallest absolute Gasteiger partial charge is 0.120 e. The maximum absolute atomic E-state index is 5.39. The van der Waals surface area contributed by atoms with Crippen LogP contribution < -0.4 is 10.1 Å². The molecule has 0 radical (unpaired) electrons. The normalized spacial score (nSPS) is 14.7. The minimum absolute atomic E-state index is 0. The number of nitrogens with one attached hydrogen (secondary N) is 2. The van der Waals surface area contributed by atoms with Gasteiger partial charge >= 0.3 is 0 Å². The van der Waals surface area contributed by atoms with E-state index >= 15 is 0 Å². The summed E-state index contributed by atoms with van der Waals surface area (Å²) < 4.78 is 5.39. The van der Waals surface area contributed by atoms with Crippen LogP contribution in [0.1, 0.15) is 43.7 Å². The average Bonchev–Trinajstić information content (AvgIpc) is 3.23. The third-order valence-corrected chi connectivity index (χ3v) is 5.78. The summed E-state index contributed by atoms with van der Waals surface area (Å²) >= 11 is 0. The van der Waals surface area contributed by atoms with E-state index in [4.69, 9.17) is 9.72 Å². The number of halogens is 1. The number of benzene rings is 2. The van der Waals surface area contributed by atoms with Gasteiger partial charge in [0, 0.05) is 34.1 Å². The fourth-order valence-corrected chi connectivity index (χ4v) is 4.32. The predicted molar refractivity (Wildman–Crippen MR) is 121 cm³/mol. The largest absolute Gasteiger partial charge is 0.497 e. The molecule has 29 heavy (non-hydrogen) atoms. The zero-order valence-corrected chi connectivity index (χ0v) is 17.3. The highest BCUT2D eigenvalue weighted by atomic mass is 35.5. The van der Waals surface area contributed by atoms with Gasteiger partial charge in [0.15, 0.2) is 0 Å². The molecule has 0 atom stereocenters. The summed E-state index contributed by atoms with van der Waals surface area (Å²) in [6.07, 6.45) is 8.24. The molecule has 4 aromatic rings. The Morgan fingerprint density at radius 3 is 2.76 bits per heavy atom. The zero-order valence-electron chi connectivity index (χ0n) is 16.4.